The first-order valence-corrected chi connectivity index (χ1v) is 10.2. The second-order valence-corrected chi connectivity index (χ2v) is 8.62. The van der Waals surface area contributed by atoms with Crippen molar-refractivity contribution in [2.24, 2.45) is 0 Å². The summed E-state index contributed by atoms with van der Waals surface area (Å²) in [5.74, 6) is -0.0546. The summed E-state index contributed by atoms with van der Waals surface area (Å²) in [6, 6.07) is 18.2. The number of nitrogens with zero attached hydrogens (tertiary/aromatic N) is 2. The number of hydrogen-bond donors (Lipinski definition) is 1. The van der Waals surface area contributed by atoms with Crippen molar-refractivity contribution >= 4 is 64.9 Å². The summed E-state index contributed by atoms with van der Waals surface area (Å²) in [6.45, 7) is 2.00. The van der Waals surface area contributed by atoms with Crippen LogP contribution >= 0.6 is 22.7 Å². The van der Waals surface area contributed by atoms with E-state index in [-0.39, 0.29) is 5.91 Å². The van der Waals surface area contributed by atoms with Crippen molar-refractivity contribution in [2.45, 2.75) is 13.3 Å². The molecule has 27 heavy (non-hydrogen) atoms. The SMILES string of the molecule is Cc1nc2ccc3nc(NC(=O)Cc4ccc5ccccc5c4)sc3c2s1. The molecule has 0 bridgehead atoms. The molecular formula is C21H15N3OS2. The van der Waals surface area contributed by atoms with Crippen LogP contribution in [-0.4, -0.2) is 15.9 Å². The zero-order chi connectivity index (χ0) is 18.4. The van der Waals surface area contributed by atoms with Gasteiger partial charge in [0.15, 0.2) is 5.13 Å². The van der Waals surface area contributed by atoms with Gasteiger partial charge in [-0.1, -0.05) is 53.8 Å². The molecule has 0 saturated carbocycles. The molecule has 0 unspecified atom stereocenters. The minimum Gasteiger partial charge on any atom is -0.302 e. The van der Waals surface area contributed by atoms with Crippen molar-refractivity contribution < 1.29 is 4.79 Å². The van der Waals surface area contributed by atoms with E-state index >= 15 is 0 Å². The predicted molar refractivity (Wildman–Crippen MR) is 114 cm³/mol. The third-order valence-corrected chi connectivity index (χ3v) is 6.58. The Morgan fingerprint density at radius 1 is 0.926 bits per heavy atom. The fraction of sp³-hybridized carbons (Fsp3) is 0.0952. The minimum atomic E-state index is -0.0546. The molecule has 2 aromatic heterocycles. The Bertz CT molecular complexity index is 1320. The molecule has 0 spiro atoms. The molecule has 1 amide bonds. The molecule has 0 aliphatic heterocycles. The van der Waals surface area contributed by atoms with E-state index in [1.165, 1.54) is 16.7 Å². The van der Waals surface area contributed by atoms with Gasteiger partial charge < -0.3 is 5.32 Å². The van der Waals surface area contributed by atoms with Crippen molar-refractivity contribution in [1.29, 1.82) is 0 Å². The van der Waals surface area contributed by atoms with Crippen LogP contribution in [-0.2, 0) is 11.2 Å². The van der Waals surface area contributed by atoms with Crippen LogP contribution in [0.2, 0.25) is 0 Å². The van der Waals surface area contributed by atoms with E-state index < -0.39 is 0 Å². The smallest absolute Gasteiger partial charge is 0.230 e. The van der Waals surface area contributed by atoms with Crippen molar-refractivity contribution in [1.82, 2.24) is 9.97 Å². The standard InChI is InChI=1S/C21H15N3OS2/c1-12-22-16-8-9-17-20(19(16)26-12)27-21(23-17)24-18(25)11-13-6-7-14-4-2-3-5-15(14)10-13/h2-10H,11H2,1H3,(H,23,24,25). The number of benzene rings is 3. The van der Waals surface area contributed by atoms with Crippen LogP contribution in [0, 0.1) is 6.92 Å². The van der Waals surface area contributed by atoms with Crippen LogP contribution in [0.15, 0.2) is 54.6 Å². The number of carbonyl (C=O) groups is 1. The average Bonchev–Trinajstić information content (AvgIpc) is 3.23. The normalized spacial score (nSPS) is 11.4. The predicted octanol–water partition coefficient (Wildman–Crippen LogP) is 5.55. The Hall–Kier alpha value is -2.83. The number of rotatable bonds is 3. The summed E-state index contributed by atoms with van der Waals surface area (Å²) in [5.41, 5.74) is 2.88. The molecule has 0 saturated heterocycles. The van der Waals surface area contributed by atoms with Crippen LogP contribution in [0.1, 0.15) is 10.6 Å². The first-order chi connectivity index (χ1) is 13.2. The van der Waals surface area contributed by atoms with Gasteiger partial charge in [0.25, 0.3) is 0 Å². The fourth-order valence-corrected chi connectivity index (χ4v) is 5.26. The minimum absolute atomic E-state index is 0.0546. The Morgan fingerprint density at radius 3 is 2.52 bits per heavy atom. The number of amides is 1. The summed E-state index contributed by atoms with van der Waals surface area (Å²) in [7, 11) is 0. The van der Waals surface area contributed by atoms with Crippen LogP contribution in [0.25, 0.3) is 31.2 Å². The number of anilines is 1. The molecule has 132 valence electrons. The molecular weight excluding hydrogens is 374 g/mol. The number of aryl methyl sites for hydroxylation is 1. The fourth-order valence-electron chi connectivity index (χ4n) is 3.24. The summed E-state index contributed by atoms with van der Waals surface area (Å²) < 4.78 is 2.22. The Morgan fingerprint density at radius 2 is 1.67 bits per heavy atom. The zero-order valence-corrected chi connectivity index (χ0v) is 16.2. The van der Waals surface area contributed by atoms with Gasteiger partial charge in [-0.15, -0.1) is 11.3 Å². The van der Waals surface area contributed by atoms with E-state index in [1.807, 2.05) is 37.3 Å². The van der Waals surface area contributed by atoms with E-state index in [0.717, 1.165) is 36.4 Å². The van der Waals surface area contributed by atoms with Crippen LogP contribution < -0.4 is 5.32 Å². The Labute approximate surface area is 163 Å². The Balaban J connectivity index is 1.40. The molecule has 0 atom stereocenters. The van der Waals surface area contributed by atoms with E-state index in [9.17, 15) is 4.79 Å². The summed E-state index contributed by atoms with van der Waals surface area (Å²) in [6.07, 6.45) is 0.329. The van der Waals surface area contributed by atoms with Crippen molar-refractivity contribution in [2.75, 3.05) is 5.32 Å². The number of nitrogens with one attached hydrogen (secondary N) is 1. The van der Waals surface area contributed by atoms with Gasteiger partial charge in [0.1, 0.15) is 0 Å². The van der Waals surface area contributed by atoms with Crippen LogP contribution in [0.5, 0.6) is 0 Å². The molecule has 6 heteroatoms. The van der Waals surface area contributed by atoms with Gasteiger partial charge in [-0.3, -0.25) is 4.79 Å². The third-order valence-electron chi connectivity index (χ3n) is 4.44. The lowest BCUT2D eigenvalue weighted by Gasteiger charge is -2.04. The molecule has 5 aromatic rings. The third kappa shape index (κ3) is 3.07. The average molecular weight is 390 g/mol. The Kier molecular flexibility index (Phi) is 3.88. The maximum absolute atomic E-state index is 12.5. The highest BCUT2D eigenvalue weighted by molar-refractivity contribution is 7.28. The van der Waals surface area contributed by atoms with Gasteiger partial charge in [0.2, 0.25) is 5.91 Å². The van der Waals surface area contributed by atoms with Gasteiger partial charge in [0.05, 0.1) is 31.9 Å². The molecule has 3 aromatic carbocycles. The van der Waals surface area contributed by atoms with Crippen LogP contribution in [0.4, 0.5) is 5.13 Å². The zero-order valence-electron chi connectivity index (χ0n) is 14.5. The number of aromatic nitrogens is 2. The number of hydrogen-bond acceptors (Lipinski definition) is 5. The molecule has 2 heterocycles. The van der Waals surface area contributed by atoms with Gasteiger partial charge in [0, 0.05) is 0 Å². The van der Waals surface area contributed by atoms with E-state index in [1.54, 1.807) is 11.3 Å². The van der Waals surface area contributed by atoms with E-state index in [0.29, 0.717) is 11.6 Å². The first-order valence-electron chi connectivity index (χ1n) is 8.60. The maximum Gasteiger partial charge on any atom is 0.230 e. The lowest BCUT2D eigenvalue weighted by Crippen LogP contribution is -2.14. The first kappa shape index (κ1) is 16.4. The van der Waals surface area contributed by atoms with Gasteiger partial charge in [-0.05, 0) is 35.4 Å². The van der Waals surface area contributed by atoms with Crippen LogP contribution in [0.3, 0.4) is 0 Å². The summed E-state index contributed by atoms with van der Waals surface area (Å²) >= 11 is 3.17. The highest BCUT2D eigenvalue weighted by Gasteiger charge is 2.13. The molecule has 0 aliphatic rings. The number of fused-ring (bicyclic) bond motifs is 4. The molecule has 1 N–H and O–H groups in total. The van der Waals surface area contributed by atoms with Crippen molar-refractivity contribution in [3.8, 4) is 0 Å². The number of thiazole rings is 2. The van der Waals surface area contributed by atoms with Crippen molar-refractivity contribution in [3.05, 3.63) is 65.2 Å². The quantitative estimate of drug-likeness (QED) is 0.440. The topological polar surface area (TPSA) is 54.9 Å². The highest BCUT2D eigenvalue weighted by atomic mass is 32.1. The van der Waals surface area contributed by atoms with Crippen molar-refractivity contribution in [3.63, 3.8) is 0 Å². The summed E-state index contributed by atoms with van der Waals surface area (Å²) in [5, 5.41) is 6.94. The molecule has 0 aliphatic carbocycles. The monoisotopic (exact) mass is 389 g/mol. The lowest BCUT2D eigenvalue weighted by atomic mass is 10.1. The second kappa shape index (κ2) is 6.40. The largest absolute Gasteiger partial charge is 0.302 e. The van der Waals surface area contributed by atoms with E-state index in [4.69, 9.17) is 0 Å². The lowest BCUT2D eigenvalue weighted by molar-refractivity contribution is -0.115. The molecule has 0 radical (unpaired) electrons. The molecule has 0 fully saturated rings. The molecule has 5 rings (SSSR count). The van der Waals surface area contributed by atoms with E-state index in [2.05, 4.69) is 39.6 Å². The van der Waals surface area contributed by atoms with Gasteiger partial charge in [-0.2, -0.15) is 0 Å². The summed E-state index contributed by atoms with van der Waals surface area (Å²) in [4.78, 5) is 21.6. The second-order valence-electron chi connectivity index (χ2n) is 6.42. The maximum atomic E-state index is 12.5. The molecule has 4 nitrogen and oxygen atoms in total. The van der Waals surface area contributed by atoms with Gasteiger partial charge >= 0.3 is 0 Å². The number of carbonyl (C=O) groups excluding carboxylic acids is 1. The highest BCUT2D eigenvalue weighted by Crippen LogP contribution is 2.35. The van der Waals surface area contributed by atoms with Gasteiger partial charge in [-0.25, -0.2) is 9.97 Å².